The van der Waals surface area contributed by atoms with Crippen LogP contribution in [0.25, 0.3) is 0 Å². The van der Waals surface area contributed by atoms with Crippen molar-refractivity contribution >= 4 is 5.91 Å². The third kappa shape index (κ3) is 4.65. The van der Waals surface area contributed by atoms with Crippen LogP contribution >= 0.6 is 0 Å². The third-order valence-corrected chi connectivity index (χ3v) is 3.09. The summed E-state index contributed by atoms with van der Waals surface area (Å²) in [6.07, 6.45) is 4.98. The largest absolute Gasteiger partial charge is 0.355 e. The second-order valence-corrected chi connectivity index (χ2v) is 5.32. The Bertz CT molecular complexity index is 208. The molecule has 2 N–H and O–H groups in total. The van der Waals surface area contributed by atoms with Crippen molar-refractivity contribution in [3.63, 3.8) is 0 Å². The molecule has 0 aromatic carbocycles. The molecule has 0 unspecified atom stereocenters. The zero-order valence-corrected chi connectivity index (χ0v) is 10.2. The fourth-order valence-corrected chi connectivity index (χ4v) is 2.01. The van der Waals surface area contributed by atoms with Crippen LogP contribution in [0.15, 0.2) is 0 Å². The normalized spacial score (nSPS) is 19.5. The van der Waals surface area contributed by atoms with Crippen LogP contribution in [0.1, 0.15) is 46.5 Å². The number of carbonyl (C=O) groups excluding carboxylic acids is 1. The summed E-state index contributed by atoms with van der Waals surface area (Å²) in [7, 11) is 0. The van der Waals surface area contributed by atoms with Gasteiger partial charge in [-0.3, -0.25) is 4.79 Å². The maximum atomic E-state index is 11.5. The van der Waals surface area contributed by atoms with Crippen LogP contribution < -0.4 is 10.6 Å². The van der Waals surface area contributed by atoms with Gasteiger partial charge in [-0.15, -0.1) is 0 Å². The van der Waals surface area contributed by atoms with E-state index >= 15 is 0 Å². The molecule has 1 saturated carbocycles. The number of carbonyl (C=O) groups is 1. The molecule has 15 heavy (non-hydrogen) atoms. The van der Waals surface area contributed by atoms with E-state index in [2.05, 4.69) is 31.4 Å². The predicted octanol–water partition coefficient (Wildman–Crippen LogP) is 1.68. The lowest BCUT2D eigenvalue weighted by molar-refractivity contribution is -0.120. The van der Waals surface area contributed by atoms with Gasteiger partial charge >= 0.3 is 0 Å². The molecule has 0 bridgehead atoms. The molecular weight excluding hydrogens is 188 g/mol. The van der Waals surface area contributed by atoms with Crippen molar-refractivity contribution in [3.05, 3.63) is 0 Å². The molecule has 0 aromatic rings. The van der Waals surface area contributed by atoms with Crippen molar-refractivity contribution in [1.29, 1.82) is 0 Å². The average Bonchev–Trinajstić information content (AvgIpc) is 2.60. The van der Waals surface area contributed by atoms with E-state index in [-0.39, 0.29) is 11.4 Å². The Morgan fingerprint density at radius 3 is 2.47 bits per heavy atom. The molecule has 3 heteroatoms. The van der Waals surface area contributed by atoms with E-state index in [4.69, 9.17) is 0 Å². The quantitative estimate of drug-likeness (QED) is 0.728. The summed E-state index contributed by atoms with van der Waals surface area (Å²) < 4.78 is 0. The number of rotatable bonds is 5. The lowest BCUT2D eigenvalue weighted by atomic mass is 10.0. The summed E-state index contributed by atoms with van der Waals surface area (Å²) >= 11 is 0. The number of hydrogen-bond donors (Lipinski definition) is 2. The molecule has 0 saturated heterocycles. The standard InChI is InChI=1S/C12H24N2O/c1-10(2)8-13-11(15)9-14-12(3)6-4-5-7-12/h10,14H,4-9H2,1-3H3,(H,13,15). The first kappa shape index (κ1) is 12.5. The van der Waals surface area contributed by atoms with Gasteiger partial charge in [0, 0.05) is 12.1 Å². The van der Waals surface area contributed by atoms with E-state index in [0.29, 0.717) is 12.5 Å². The minimum absolute atomic E-state index is 0.122. The van der Waals surface area contributed by atoms with Crippen LogP contribution in [-0.2, 0) is 4.79 Å². The van der Waals surface area contributed by atoms with Crippen LogP contribution in [0.2, 0.25) is 0 Å². The smallest absolute Gasteiger partial charge is 0.233 e. The highest BCUT2D eigenvalue weighted by Gasteiger charge is 2.28. The van der Waals surface area contributed by atoms with Gasteiger partial charge in [-0.25, -0.2) is 0 Å². The fourth-order valence-electron chi connectivity index (χ4n) is 2.01. The molecule has 0 atom stereocenters. The lowest BCUT2D eigenvalue weighted by Crippen LogP contribution is -2.45. The van der Waals surface area contributed by atoms with Crippen molar-refractivity contribution in [3.8, 4) is 0 Å². The van der Waals surface area contributed by atoms with Gasteiger partial charge in [-0.2, -0.15) is 0 Å². The summed E-state index contributed by atoms with van der Waals surface area (Å²) in [5.74, 6) is 0.646. The maximum absolute atomic E-state index is 11.5. The van der Waals surface area contributed by atoms with E-state index in [0.717, 1.165) is 6.54 Å². The van der Waals surface area contributed by atoms with Gasteiger partial charge in [-0.1, -0.05) is 26.7 Å². The fraction of sp³-hybridized carbons (Fsp3) is 0.917. The van der Waals surface area contributed by atoms with Gasteiger partial charge in [0.05, 0.1) is 6.54 Å². The van der Waals surface area contributed by atoms with Crippen LogP contribution in [0, 0.1) is 5.92 Å². The SMILES string of the molecule is CC(C)CNC(=O)CNC1(C)CCCC1. The van der Waals surface area contributed by atoms with Gasteiger partial charge in [0.2, 0.25) is 5.91 Å². The Labute approximate surface area is 93.0 Å². The van der Waals surface area contributed by atoms with Crippen molar-refractivity contribution < 1.29 is 4.79 Å². The molecule has 1 fully saturated rings. The van der Waals surface area contributed by atoms with E-state index in [1.54, 1.807) is 0 Å². The van der Waals surface area contributed by atoms with E-state index in [1.165, 1.54) is 25.7 Å². The summed E-state index contributed by atoms with van der Waals surface area (Å²) in [5, 5.41) is 6.29. The zero-order valence-electron chi connectivity index (χ0n) is 10.2. The van der Waals surface area contributed by atoms with Crippen LogP contribution in [0.5, 0.6) is 0 Å². The molecule has 0 aromatic heterocycles. The van der Waals surface area contributed by atoms with Crippen molar-refractivity contribution in [2.45, 2.75) is 52.0 Å². The molecular formula is C12H24N2O. The molecule has 1 rings (SSSR count). The molecule has 0 radical (unpaired) electrons. The molecule has 0 heterocycles. The summed E-state index contributed by atoms with van der Waals surface area (Å²) in [5.41, 5.74) is 0.204. The third-order valence-electron chi connectivity index (χ3n) is 3.09. The van der Waals surface area contributed by atoms with E-state index in [9.17, 15) is 4.79 Å². The summed E-state index contributed by atoms with van der Waals surface area (Å²) in [6.45, 7) is 7.66. The first-order valence-corrected chi connectivity index (χ1v) is 6.03. The van der Waals surface area contributed by atoms with Crippen LogP contribution in [0.4, 0.5) is 0 Å². The minimum atomic E-state index is 0.122. The zero-order chi connectivity index (χ0) is 11.3. The Morgan fingerprint density at radius 2 is 1.93 bits per heavy atom. The number of hydrogen-bond acceptors (Lipinski definition) is 2. The highest BCUT2D eigenvalue weighted by atomic mass is 16.1. The van der Waals surface area contributed by atoms with Crippen molar-refractivity contribution in [1.82, 2.24) is 10.6 Å². The first-order chi connectivity index (χ1) is 7.02. The van der Waals surface area contributed by atoms with Gasteiger partial charge in [0.25, 0.3) is 0 Å². The highest BCUT2D eigenvalue weighted by molar-refractivity contribution is 5.78. The first-order valence-electron chi connectivity index (χ1n) is 6.03. The number of nitrogens with one attached hydrogen (secondary N) is 2. The lowest BCUT2D eigenvalue weighted by Gasteiger charge is -2.25. The molecule has 1 aliphatic carbocycles. The molecule has 88 valence electrons. The summed E-state index contributed by atoms with van der Waals surface area (Å²) in [4.78, 5) is 11.5. The van der Waals surface area contributed by atoms with Crippen LogP contribution in [-0.4, -0.2) is 24.5 Å². The summed E-state index contributed by atoms with van der Waals surface area (Å²) in [6, 6.07) is 0. The van der Waals surface area contributed by atoms with E-state index < -0.39 is 0 Å². The topological polar surface area (TPSA) is 41.1 Å². The second-order valence-electron chi connectivity index (χ2n) is 5.32. The van der Waals surface area contributed by atoms with Gasteiger partial charge in [-0.05, 0) is 25.7 Å². The Kier molecular flexibility index (Phi) is 4.58. The van der Waals surface area contributed by atoms with Gasteiger partial charge in [0.1, 0.15) is 0 Å². The minimum Gasteiger partial charge on any atom is -0.355 e. The van der Waals surface area contributed by atoms with Gasteiger partial charge < -0.3 is 10.6 Å². The monoisotopic (exact) mass is 212 g/mol. The predicted molar refractivity (Wildman–Crippen MR) is 62.7 cm³/mol. The van der Waals surface area contributed by atoms with Gasteiger partial charge in [0.15, 0.2) is 0 Å². The molecule has 0 spiro atoms. The molecule has 1 aliphatic rings. The van der Waals surface area contributed by atoms with E-state index in [1.807, 2.05) is 0 Å². The molecule has 1 amide bonds. The molecule has 3 nitrogen and oxygen atoms in total. The average molecular weight is 212 g/mol. The van der Waals surface area contributed by atoms with Crippen LogP contribution in [0.3, 0.4) is 0 Å². The maximum Gasteiger partial charge on any atom is 0.233 e. The Morgan fingerprint density at radius 1 is 1.33 bits per heavy atom. The second kappa shape index (κ2) is 5.50. The van der Waals surface area contributed by atoms with Crippen molar-refractivity contribution in [2.24, 2.45) is 5.92 Å². The highest BCUT2D eigenvalue weighted by Crippen LogP contribution is 2.28. The molecule has 0 aliphatic heterocycles. The number of amides is 1. The Balaban J connectivity index is 2.16. The Hall–Kier alpha value is -0.570. The van der Waals surface area contributed by atoms with Crippen molar-refractivity contribution in [2.75, 3.05) is 13.1 Å².